The van der Waals surface area contributed by atoms with Crippen LogP contribution in [0.4, 0.5) is 0 Å². The lowest BCUT2D eigenvalue weighted by molar-refractivity contribution is 0.756. The van der Waals surface area contributed by atoms with E-state index in [1.165, 1.54) is 5.56 Å². The molecule has 0 unspecified atom stereocenters. The van der Waals surface area contributed by atoms with Crippen LogP contribution < -0.4 is 5.73 Å². The molecule has 96 valence electrons. The number of rotatable bonds is 5. The fraction of sp³-hybridized carbons (Fsp3) is 0.385. The van der Waals surface area contributed by atoms with E-state index in [0.717, 1.165) is 30.2 Å². The zero-order valence-electron chi connectivity index (χ0n) is 10.4. The first kappa shape index (κ1) is 13.1. The molecule has 0 saturated carbocycles. The van der Waals surface area contributed by atoms with Gasteiger partial charge in [-0.2, -0.15) is 0 Å². The standard InChI is InChI=1S/C13H17ClN4/c1-10-4-6-11(7-5-10)18-12(3-2-8-15)16-17-13(18)9-14/h4-7H,2-3,8-9,15H2,1H3. The second kappa shape index (κ2) is 5.98. The van der Waals surface area contributed by atoms with Gasteiger partial charge in [-0.15, -0.1) is 21.8 Å². The van der Waals surface area contributed by atoms with Gasteiger partial charge in [0.2, 0.25) is 0 Å². The second-order valence-electron chi connectivity index (χ2n) is 4.23. The maximum atomic E-state index is 5.91. The number of hydrogen-bond donors (Lipinski definition) is 1. The maximum Gasteiger partial charge on any atom is 0.152 e. The van der Waals surface area contributed by atoms with E-state index in [1.54, 1.807) is 0 Å². The van der Waals surface area contributed by atoms with Gasteiger partial charge in [0.05, 0.1) is 5.88 Å². The summed E-state index contributed by atoms with van der Waals surface area (Å²) < 4.78 is 2.02. The number of halogens is 1. The van der Waals surface area contributed by atoms with Crippen LogP contribution in [0.1, 0.15) is 23.6 Å². The molecular weight excluding hydrogens is 248 g/mol. The van der Waals surface area contributed by atoms with Crippen LogP contribution in [-0.2, 0) is 12.3 Å². The van der Waals surface area contributed by atoms with Crippen molar-refractivity contribution in [2.75, 3.05) is 6.54 Å². The van der Waals surface area contributed by atoms with Crippen molar-refractivity contribution in [2.45, 2.75) is 25.6 Å². The SMILES string of the molecule is Cc1ccc(-n2c(CCl)nnc2CCCN)cc1. The van der Waals surface area contributed by atoms with Crippen LogP contribution in [0.15, 0.2) is 24.3 Å². The predicted molar refractivity (Wildman–Crippen MR) is 73.0 cm³/mol. The third-order valence-electron chi connectivity index (χ3n) is 2.81. The van der Waals surface area contributed by atoms with Crippen LogP contribution >= 0.6 is 11.6 Å². The van der Waals surface area contributed by atoms with Gasteiger partial charge >= 0.3 is 0 Å². The number of nitrogens with two attached hydrogens (primary N) is 1. The molecule has 0 amide bonds. The van der Waals surface area contributed by atoms with Crippen molar-refractivity contribution in [3.63, 3.8) is 0 Å². The molecule has 4 nitrogen and oxygen atoms in total. The van der Waals surface area contributed by atoms with E-state index in [9.17, 15) is 0 Å². The topological polar surface area (TPSA) is 56.7 Å². The smallest absolute Gasteiger partial charge is 0.152 e. The van der Waals surface area contributed by atoms with Crippen LogP contribution in [0.25, 0.3) is 5.69 Å². The van der Waals surface area contributed by atoms with Crippen LogP contribution in [0, 0.1) is 6.92 Å². The van der Waals surface area contributed by atoms with Crippen molar-refractivity contribution < 1.29 is 0 Å². The summed E-state index contributed by atoms with van der Waals surface area (Å²) in [5, 5.41) is 8.32. The molecule has 5 heteroatoms. The zero-order chi connectivity index (χ0) is 13.0. The molecule has 2 aromatic rings. The number of nitrogens with zero attached hydrogens (tertiary/aromatic N) is 3. The lowest BCUT2D eigenvalue weighted by atomic mass is 10.2. The number of benzene rings is 1. The summed E-state index contributed by atoms with van der Waals surface area (Å²) in [5.74, 6) is 2.04. The average Bonchev–Trinajstić information content (AvgIpc) is 2.80. The van der Waals surface area contributed by atoms with Gasteiger partial charge in [-0.1, -0.05) is 17.7 Å². The minimum atomic E-state index is 0.351. The van der Waals surface area contributed by atoms with E-state index in [-0.39, 0.29) is 0 Å². The Bertz CT molecular complexity index is 504. The molecule has 2 rings (SSSR count). The third-order valence-corrected chi connectivity index (χ3v) is 3.05. The van der Waals surface area contributed by atoms with Gasteiger partial charge in [0, 0.05) is 12.1 Å². The van der Waals surface area contributed by atoms with Crippen molar-refractivity contribution in [3.05, 3.63) is 41.5 Å². The van der Waals surface area contributed by atoms with E-state index in [4.69, 9.17) is 17.3 Å². The first-order chi connectivity index (χ1) is 8.76. The Hall–Kier alpha value is -1.39. The summed E-state index contributed by atoms with van der Waals surface area (Å²) >= 11 is 5.91. The Labute approximate surface area is 112 Å². The quantitative estimate of drug-likeness (QED) is 0.843. The number of aryl methyl sites for hydroxylation is 2. The Morgan fingerprint density at radius 3 is 2.44 bits per heavy atom. The number of hydrogen-bond acceptors (Lipinski definition) is 3. The number of alkyl halides is 1. The van der Waals surface area contributed by atoms with Crippen molar-refractivity contribution in [3.8, 4) is 5.69 Å². The minimum absolute atomic E-state index is 0.351. The van der Waals surface area contributed by atoms with Gasteiger partial charge < -0.3 is 5.73 Å². The molecule has 18 heavy (non-hydrogen) atoms. The first-order valence-corrected chi connectivity index (χ1v) is 6.56. The van der Waals surface area contributed by atoms with Gasteiger partial charge in [0.15, 0.2) is 5.82 Å². The molecule has 0 fully saturated rings. The molecule has 0 bridgehead atoms. The van der Waals surface area contributed by atoms with Gasteiger partial charge in [-0.3, -0.25) is 4.57 Å². The fourth-order valence-electron chi connectivity index (χ4n) is 1.85. The van der Waals surface area contributed by atoms with Crippen molar-refractivity contribution in [1.82, 2.24) is 14.8 Å². The molecule has 0 aliphatic rings. The summed E-state index contributed by atoms with van der Waals surface area (Å²) in [4.78, 5) is 0. The summed E-state index contributed by atoms with van der Waals surface area (Å²) in [6.07, 6.45) is 1.71. The van der Waals surface area contributed by atoms with Gasteiger partial charge in [0.25, 0.3) is 0 Å². The van der Waals surface area contributed by atoms with E-state index in [0.29, 0.717) is 12.4 Å². The van der Waals surface area contributed by atoms with Crippen LogP contribution in [0.3, 0.4) is 0 Å². The van der Waals surface area contributed by atoms with Crippen LogP contribution in [0.5, 0.6) is 0 Å². The monoisotopic (exact) mass is 264 g/mol. The lowest BCUT2D eigenvalue weighted by Gasteiger charge is -2.09. The van der Waals surface area contributed by atoms with Crippen molar-refractivity contribution in [2.24, 2.45) is 5.73 Å². The highest BCUT2D eigenvalue weighted by atomic mass is 35.5. The van der Waals surface area contributed by atoms with E-state index in [1.807, 2.05) is 4.57 Å². The molecule has 0 aliphatic carbocycles. The molecule has 0 radical (unpaired) electrons. The molecular formula is C13H17ClN4. The molecule has 0 atom stereocenters. The summed E-state index contributed by atoms with van der Waals surface area (Å²) in [6.45, 7) is 2.71. The van der Waals surface area contributed by atoms with Gasteiger partial charge in [-0.05, 0) is 32.0 Å². The highest BCUT2D eigenvalue weighted by Crippen LogP contribution is 2.16. The summed E-state index contributed by atoms with van der Waals surface area (Å²) in [6, 6.07) is 8.25. The van der Waals surface area contributed by atoms with E-state index >= 15 is 0 Å². The third kappa shape index (κ3) is 2.71. The zero-order valence-corrected chi connectivity index (χ0v) is 11.2. The highest BCUT2D eigenvalue weighted by Gasteiger charge is 2.12. The Morgan fingerprint density at radius 1 is 1.17 bits per heavy atom. The maximum absolute atomic E-state index is 5.91. The van der Waals surface area contributed by atoms with Gasteiger partial charge in [0.1, 0.15) is 5.82 Å². The second-order valence-corrected chi connectivity index (χ2v) is 4.50. The number of aromatic nitrogens is 3. The highest BCUT2D eigenvalue weighted by molar-refractivity contribution is 6.16. The van der Waals surface area contributed by atoms with Crippen LogP contribution in [-0.4, -0.2) is 21.3 Å². The molecule has 1 aromatic heterocycles. The molecule has 0 spiro atoms. The molecule has 0 aliphatic heterocycles. The molecule has 1 aromatic carbocycles. The van der Waals surface area contributed by atoms with Crippen molar-refractivity contribution >= 4 is 11.6 Å². The van der Waals surface area contributed by atoms with Crippen molar-refractivity contribution in [1.29, 1.82) is 0 Å². The Balaban J connectivity index is 2.39. The molecule has 1 heterocycles. The van der Waals surface area contributed by atoms with Gasteiger partial charge in [-0.25, -0.2) is 0 Å². The first-order valence-electron chi connectivity index (χ1n) is 6.02. The Kier molecular flexibility index (Phi) is 4.33. The minimum Gasteiger partial charge on any atom is -0.330 e. The predicted octanol–water partition coefficient (Wildman–Crippen LogP) is 2.21. The van der Waals surface area contributed by atoms with E-state index in [2.05, 4.69) is 41.4 Å². The molecule has 2 N–H and O–H groups in total. The summed E-state index contributed by atoms with van der Waals surface area (Å²) in [7, 11) is 0. The Morgan fingerprint density at radius 2 is 1.83 bits per heavy atom. The lowest BCUT2D eigenvalue weighted by Crippen LogP contribution is -2.07. The molecule has 0 saturated heterocycles. The van der Waals surface area contributed by atoms with E-state index < -0.39 is 0 Å². The summed E-state index contributed by atoms with van der Waals surface area (Å²) in [5.41, 5.74) is 7.81. The fourth-order valence-corrected chi connectivity index (χ4v) is 2.03. The van der Waals surface area contributed by atoms with Crippen LogP contribution in [0.2, 0.25) is 0 Å². The average molecular weight is 265 g/mol. The normalized spacial score (nSPS) is 10.8. The largest absolute Gasteiger partial charge is 0.330 e.